The van der Waals surface area contributed by atoms with Gasteiger partial charge in [0.25, 0.3) is 0 Å². The summed E-state index contributed by atoms with van der Waals surface area (Å²) in [6.45, 7) is 7.28. The predicted molar refractivity (Wildman–Crippen MR) is 145 cm³/mol. The highest BCUT2D eigenvalue weighted by Crippen LogP contribution is 2.65. The number of hydrazine groups is 1. The van der Waals surface area contributed by atoms with E-state index in [1.165, 1.54) is 67.6 Å². The maximum Gasteiger partial charge on any atom is 0.198 e. The van der Waals surface area contributed by atoms with E-state index >= 15 is 0 Å². The number of hydrazone groups is 1. The Morgan fingerprint density at radius 2 is 1.94 bits per heavy atom. The summed E-state index contributed by atoms with van der Waals surface area (Å²) in [5.74, 6) is 2.19. The lowest BCUT2D eigenvalue weighted by atomic mass is 9.48. The summed E-state index contributed by atoms with van der Waals surface area (Å²) >= 11 is 6.90. The van der Waals surface area contributed by atoms with Gasteiger partial charge in [0.05, 0.1) is 10.6 Å². The number of nitrogens with one attached hydrogen (secondary N) is 2. The summed E-state index contributed by atoms with van der Waals surface area (Å²) < 4.78 is 0. The second-order valence-corrected chi connectivity index (χ2v) is 13.1. The molecule has 6 nitrogen and oxygen atoms in total. The number of anilines is 1. The van der Waals surface area contributed by atoms with Crippen LogP contribution in [0.4, 0.5) is 5.13 Å². The van der Waals surface area contributed by atoms with Crippen molar-refractivity contribution in [1.82, 2.24) is 15.4 Å². The molecule has 3 fully saturated rings. The topological polar surface area (TPSA) is 78.6 Å². The molecule has 184 valence electrons. The van der Waals surface area contributed by atoms with Crippen LogP contribution in [0.25, 0.3) is 5.57 Å². The van der Waals surface area contributed by atoms with Gasteiger partial charge in [0.1, 0.15) is 0 Å². The van der Waals surface area contributed by atoms with Crippen molar-refractivity contribution in [2.75, 3.05) is 18.5 Å². The first-order valence-electron chi connectivity index (χ1n) is 13.2. The molecule has 5 atom stereocenters. The maximum atomic E-state index is 5.67. The number of aryl methyl sites for hydroxylation is 1. The van der Waals surface area contributed by atoms with E-state index in [1.807, 2.05) is 11.3 Å². The first-order chi connectivity index (χ1) is 16.4. The molecule has 0 bridgehead atoms. The molecule has 34 heavy (non-hydrogen) atoms. The zero-order chi connectivity index (χ0) is 23.5. The van der Waals surface area contributed by atoms with Crippen molar-refractivity contribution in [2.45, 2.75) is 78.1 Å². The molecule has 2 saturated carbocycles. The molecule has 6 rings (SSSR count). The molecule has 0 unspecified atom stereocenters. The molecule has 0 amide bonds. The van der Waals surface area contributed by atoms with Gasteiger partial charge in [-0.1, -0.05) is 37.7 Å². The fourth-order valence-electron chi connectivity index (χ4n) is 8.16. The highest BCUT2D eigenvalue weighted by Gasteiger charge is 2.58. The fourth-order valence-corrected chi connectivity index (χ4v) is 9.42. The van der Waals surface area contributed by atoms with Crippen molar-refractivity contribution < 1.29 is 0 Å². The molecular weight excluding hydrogens is 460 g/mol. The van der Waals surface area contributed by atoms with Crippen LogP contribution in [0.3, 0.4) is 0 Å². The van der Waals surface area contributed by atoms with Gasteiger partial charge >= 0.3 is 0 Å². The minimum atomic E-state index is 0.177. The van der Waals surface area contributed by atoms with Crippen molar-refractivity contribution in [3.8, 4) is 0 Å². The Morgan fingerprint density at radius 1 is 1.15 bits per heavy atom. The number of thiocarbonyl (C=S) groups is 1. The van der Waals surface area contributed by atoms with Crippen LogP contribution < -0.4 is 16.6 Å². The summed E-state index contributed by atoms with van der Waals surface area (Å²) in [7, 11) is 0. The molecule has 0 radical (unpaired) electrons. The number of allylic oxidation sites excluding steroid dienone is 2. The van der Waals surface area contributed by atoms with Gasteiger partial charge in [-0.15, -0.1) is 0 Å². The normalized spacial score (nSPS) is 38.4. The number of rotatable bonds is 3. The summed E-state index contributed by atoms with van der Waals surface area (Å²) in [4.78, 5) is 6.53. The van der Waals surface area contributed by atoms with Crippen LogP contribution in [0.1, 0.15) is 82.2 Å². The van der Waals surface area contributed by atoms with Gasteiger partial charge < -0.3 is 5.73 Å². The third-order valence-electron chi connectivity index (χ3n) is 9.94. The standard InChI is InChI=1S/C26H38N6S2/c1-25-13-11-20-22(34-24(28-20)31-32-14-4-3-5-15-32)19(25)7-6-16-17-8-9-21(29-30-23(27)33)26(17,2)12-10-18(16)25/h7,16-18H,3-6,8-15H2,1-2H3,(H,28,31)(H3,27,30,33)/b29-21+/t16-,17-,18-,25+,26-/m0/s1. The van der Waals surface area contributed by atoms with E-state index in [4.69, 9.17) is 22.9 Å². The van der Waals surface area contributed by atoms with Gasteiger partial charge in [-0.05, 0) is 98.7 Å². The van der Waals surface area contributed by atoms with Crippen molar-refractivity contribution in [2.24, 2.45) is 39.4 Å². The largest absolute Gasteiger partial charge is 0.375 e. The molecule has 0 aromatic carbocycles. The minimum absolute atomic E-state index is 0.177. The fraction of sp³-hybridized carbons (Fsp3) is 0.731. The van der Waals surface area contributed by atoms with Crippen LogP contribution in [-0.4, -0.2) is 33.9 Å². The summed E-state index contributed by atoms with van der Waals surface area (Å²) in [6, 6.07) is 0. The molecule has 1 saturated heterocycles. The zero-order valence-electron chi connectivity index (χ0n) is 20.5. The number of nitrogens with two attached hydrogens (primary N) is 1. The number of fused-ring (bicyclic) bond motifs is 7. The van der Waals surface area contributed by atoms with E-state index in [0.29, 0.717) is 5.92 Å². The Kier molecular flexibility index (Phi) is 5.77. The number of thiazole rings is 1. The Labute approximate surface area is 212 Å². The monoisotopic (exact) mass is 498 g/mol. The van der Waals surface area contributed by atoms with E-state index in [0.717, 1.165) is 42.9 Å². The SMILES string of the molecule is C[C@]12CCc3nc(NN4CCCCC4)sc3C1=CC[C@@H]1[C@@H]2CC[C@]2(C)/C(=N/NC(N)=S)CC[C@@H]12. The summed E-state index contributed by atoms with van der Waals surface area (Å²) in [5.41, 5.74) is 16.8. The lowest BCUT2D eigenvalue weighted by Gasteiger charge is -2.56. The van der Waals surface area contributed by atoms with Gasteiger partial charge in [-0.3, -0.25) is 10.9 Å². The first-order valence-corrected chi connectivity index (χ1v) is 14.5. The van der Waals surface area contributed by atoms with Gasteiger partial charge in [0, 0.05) is 24.2 Å². The minimum Gasteiger partial charge on any atom is -0.375 e. The molecule has 2 heterocycles. The number of hydrogen-bond acceptors (Lipinski definition) is 6. The van der Waals surface area contributed by atoms with Crippen molar-refractivity contribution in [1.29, 1.82) is 0 Å². The molecule has 4 aliphatic carbocycles. The van der Waals surface area contributed by atoms with E-state index in [-0.39, 0.29) is 15.9 Å². The molecular formula is C26H38N6S2. The molecule has 0 spiro atoms. The third-order valence-corrected chi connectivity index (χ3v) is 11.1. The summed E-state index contributed by atoms with van der Waals surface area (Å²) in [6.07, 6.45) is 14.9. The molecule has 1 aromatic rings. The lowest BCUT2D eigenvalue weighted by Crippen LogP contribution is -2.49. The van der Waals surface area contributed by atoms with Crippen LogP contribution in [0.15, 0.2) is 11.2 Å². The Balaban J connectivity index is 1.26. The number of hydrogen-bond donors (Lipinski definition) is 3. The first kappa shape index (κ1) is 22.9. The van der Waals surface area contributed by atoms with Gasteiger partial charge in [0.2, 0.25) is 0 Å². The second kappa shape index (κ2) is 8.56. The van der Waals surface area contributed by atoms with E-state index in [1.54, 1.807) is 5.57 Å². The van der Waals surface area contributed by atoms with Crippen LogP contribution in [0.2, 0.25) is 0 Å². The van der Waals surface area contributed by atoms with Crippen molar-refractivity contribution in [3.63, 3.8) is 0 Å². The van der Waals surface area contributed by atoms with E-state index < -0.39 is 0 Å². The zero-order valence-corrected chi connectivity index (χ0v) is 22.2. The second-order valence-electron chi connectivity index (χ2n) is 11.6. The number of piperidine rings is 1. The number of aromatic nitrogens is 1. The molecule has 5 aliphatic rings. The Hall–Kier alpha value is -1.51. The molecule has 4 N–H and O–H groups in total. The molecule has 1 aromatic heterocycles. The van der Waals surface area contributed by atoms with Gasteiger partial charge in [-0.25, -0.2) is 9.99 Å². The Bertz CT molecular complexity index is 1040. The van der Waals surface area contributed by atoms with Crippen molar-refractivity contribution >= 4 is 45.1 Å². The highest BCUT2D eigenvalue weighted by atomic mass is 32.1. The highest BCUT2D eigenvalue weighted by molar-refractivity contribution is 7.80. The van der Waals surface area contributed by atoms with E-state index in [9.17, 15) is 0 Å². The molecule has 1 aliphatic heterocycles. The van der Waals surface area contributed by atoms with Gasteiger partial charge in [-0.2, -0.15) is 5.10 Å². The molecule has 8 heteroatoms. The van der Waals surface area contributed by atoms with Gasteiger partial charge in [0.15, 0.2) is 10.2 Å². The van der Waals surface area contributed by atoms with Crippen LogP contribution in [0.5, 0.6) is 0 Å². The van der Waals surface area contributed by atoms with Crippen molar-refractivity contribution in [3.05, 3.63) is 16.6 Å². The average Bonchev–Trinajstić information content (AvgIpc) is 3.38. The smallest absolute Gasteiger partial charge is 0.198 e. The van der Waals surface area contributed by atoms with Crippen LogP contribution in [0, 0.1) is 28.6 Å². The van der Waals surface area contributed by atoms with Crippen LogP contribution in [-0.2, 0) is 6.42 Å². The average molecular weight is 499 g/mol. The summed E-state index contributed by atoms with van der Waals surface area (Å²) in [5, 5.41) is 8.39. The van der Waals surface area contributed by atoms with Crippen LogP contribution >= 0.6 is 23.6 Å². The number of nitrogens with zero attached hydrogens (tertiary/aromatic N) is 3. The Morgan fingerprint density at radius 3 is 2.74 bits per heavy atom. The lowest BCUT2D eigenvalue weighted by molar-refractivity contribution is 0.0116. The predicted octanol–water partition coefficient (Wildman–Crippen LogP) is 5.33. The third kappa shape index (κ3) is 3.63. The maximum absolute atomic E-state index is 5.67. The quantitative estimate of drug-likeness (QED) is 0.386. The van der Waals surface area contributed by atoms with E-state index in [2.05, 4.69) is 40.9 Å².